The molecular weight excluding hydrogens is 387 g/mol. The van der Waals surface area contributed by atoms with E-state index in [-0.39, 0.29) is 18.6 Å². The van der Waals surface area contributed by atoms with Gasteiger partial charge in [0.1, 0.15) is 6.61 Å². The van der Waals surface area contributed by atoms with Crippen molar-refractivity contribution in [3.8, 4) is 11.4 Å². The summed E-state index contributed by atoms with van der Waals surface area (Å²) in [4.78, 5) is 40.5. The van der Waals surface area contributed by atoms with Gasteiger partial charge in [-0.25, -0.2) is 9.78 Å². The molecule has 0 amide bonds. The number of pyridine rings is 2. The predicted molar refractivity (Wildman–Crippen MR) is 107 cm³/mol. The summed E-state index contributed by atoms with van der Waals surface area (Å²) >= 11 is 0. The Kier molecular flexibility index (Phi) is 4.04. The molecular formula is C21H16BN2O6. The van der Waals surface area contributed by atoms with Crippen LogP contribution < -0.4 is 11.0 Å². The molecule has 9 heteroatoms. The lowest BCUT2D eigenvalue weighted by atomic mass is 9.86. The average Bonchev–Trinajstić information content (AvgIpc) is 3.11. The number of carbonyl (C=O) groups excluding carboxylic acids is 2. The second-order valence-electron chi connectivity index (χ2n) is 7.40. The maximum absolute atomic E-state index is 13.1. The largest absolute Gasteiger partial charge is 0.535 e. The van der Waals surface area contributed by atoms with Gasteiger partial charge in [-0.2, -0.15) is 0 Å². The summed E-state index contributed by atoms with van der Waals surface area (Å²) in [5.41, 5.74) is 1.93. The fourth-order valence-electron chi connectivity index (χ4n) is 4.18. The summed E-state index contributed by atoms with van der Waals surface area (Å²) in [7, 11) is 1.34. The molecule has 1 N–H and O–H groups in total. The number of nitrogens with zero attached hydrogens (tertiary/aromatic N) is 2. The Labute approximate surface area is 171 Å². The van der Waals surface area contributed by atoms with Gasteiger partial charge >= 0.3 is 13.5 Å². The predicted octanol–water partition coefficient (Wildman–Crippen LogP) is 0.497. The van der Waals surface area contributed by atoms with E-state index in [1.807, 2.05) is 12.1 Å². The molecule has 2 aliphatic heterocycles. The van der Waals surface area contributed by atoms with Crippen LogP contribution in [-0.2, 0) is 37.7 Å². The van der Waals surface area contributed by atoms with Gasteiger partial charge in [-0.05, 0) is 30.1 Å². The topological polar surface area (TPSA) is 108 Å². The molecule has 5 rings (SSSR count). The van der Waals surface area contributed by atoms with Crippen LogP contribution in [0.15, 0.2) is 35.1 Å². The number of carbonyl (C=O) groups is 2. The third-order valence-electron chi connectivity index (χ3n) is 5.79. The zero-order chi connectivity index (χ0) is 21.0. The minimum absolute atomic E-state index is 0.0991. The Bertz CT molecular complexity index is 1300. The van der Waals surface area contributed by atoms with Crippen LogP contribution in [0, 0.1) is 0 Å². The van der Waals surface area contributed by atoms with Crippen molar-refractivity contribution in [1.82, 2.24) is 9.55 Å². The van der Waals surface area contributed by atoms with E-state index in [4.69, 9.17) is 9.72 Å². The third-order valence-corrected chi connectivity index (χ3v) is 5.79. The van der Waals surface area contributed by atoms with E-state index in [2.05, 4.69) is 4.65 Å². The molecule has 0 fully saturated rings. The third kappa shape index (κ3) is 2.52. The van der Waals surface area contributed by atoms with Gasteiger partial charge in [0.05, 0.1) is 29.0 Å². The number of aromatic nitrogens is 2. The van der Waals surface area contributed by atoms with Crippen LogP contribution in [0.5, 0.6) is 0 Å². The van der Waals surface area contributed by atoms with E-state index in [0.29, 0.717) is 46.5 Å². The lowest BCUT2D eigenvalue weighted by molar-refractivity contribution is -0.172. The van der Waals surface area contributed by atoms with Crippen molar-refractivity contribution in [2.24, 2.45) is 0 Å². The highest BCUT2D eigenvalue weighted by Gasteiger charge is 2.45. The number of cyclic esters (lactones) is 1. The zero-order valence-corrected chi connectivity index (χ0v) is 16.0. The number of fused-ring (bicyclic) bond motifs is 5. The van der Waals surface area contributed by atoms with Crippen LogP contribution in [0.2, 0.25) is 0 Å². The monoisotopic (exact) mass is 403 g/mol. The summed E-state index contributed by atoms with van der Waals surface area (Å²) in [5, 5.41) is 11.7. The van der Waals surface area contributed by atoms with E-state index < -0.39 is 11.6 Å². The van der Waals surface area contributed by atoms with E-state index >= 15 is 0 Å². The molecule has 1 atom stereocenters. The summed E-state index contributed by atoms with van der Waals surface area (Å²) in [6.07, 6.45) is 0.0991. The Morgan fingerprint density at radius 1 is 1.33 bits per heavy atom. The molecule has 149 valence electrons. The zero-order valence-electron chi connectivity index (χ0n) is 16.0. The molecule has 0 unspecified atom stereocenters. The SMILES string of the molecule is CC[C@@]1(O)C(=O)OCc2c1cc1n(c2=O)Cc2cc3cc([B]OC=O)ccc3nc2-1. The minimum atomic E-state index is -1.84. The van der Waals surface area contributed by atoms with Crippen LogP contribution >= 0.6 is 0 Å². The first-order valence-corrected chi connectivity index (χ1v) is 9.49. The van der Waals surface area contributed by atoms with Gasteiger partial charge in [0.25, 0.3) is 12.0 Å². The fourth-order valence-corrected chi connectivity index (χ4v) is 4.18. The Hall–Kier alpha value is -3.46. The molecule has 1 aromatic carbocycles. The number of esters is 1. The van der Waals surface area contributed by atoms with E-state index in [1.165, 1.54) is 7.48 Å². The molecule has 8 nitrogen and oxygen atoms in total. The number of aliphatic hydroxyl groups is 1. The second-order valence-corrected chi connectivity index (χ2v) is 7.40. The van der Waals surface area contributed by atoms with Crippen LogP contribution in [0.4, 0.5) is 0 Å². The molecule has 0 saturated carbocycles. The summed E-state index contributed by atoms with van der Waals surface area (Å²) in [6, 6.07) is 9.03. The lowest BCUT2D eigenvalue weighted by Crippen LogP contribution is -2.44. The van der Waals surface area contributed by atoms with Gasteiger partial charge in [0, 0.05) is 16.5 Å². The van der Waals surface area contributed by atoms with Gasteiger partial charge in [-0.3, -0.25) is 9.59 Å². The number of hydrogen-bond donors (Lipinski definition) is 1. The lowest BCUT2D eigenvalue weighted by Gasteiger charge is -2.31. The van der Waals surface area contributed by atoms with Crippen molar-refractivity contribution < 1.29 is 24.1 Å². The van der Waals surface area contributed by atoms with Gasteiger partial charge < -0.3 is 19.1 Å². The van der Waals surface area contributed by atoms with Gasteiger partial charge in [0.2, 0.25) is 0 Å². The number of ether oxygens (including phenoxy) is 1. The van der Waals surface area contributed by atoms with Gasteiger partial charge in [0.15, 0.2) is 5.60 Å². The van der Waals surface area contributed by atoms with E-state index in [0.717, 1.165) is 10.9 Å². The highest BCUT2D eigenvalue weighted by Crippen LogP contribution is 2.38. The quantitative estimate of drug-likeness (QED) is 0.300. The highest BCUT2D eigenvalue weighted by atomic mass is 16.6. The highest BCUT2D eigenvalue weighted by molar-refractivity contribution is 6.48. The van der Waals surface area contributed by atoms with Crippen molar-refractivity contribution in [3.63, 3.8) is 0 Å². The molecule has 1 radical (unpaired) electrons. The first-order valence-electron chi connectivity index (χ1n) is 9.49. The summed E-state index contributed by atoms with van der Waals surface area (Å²) < 4.78 is 11.4. The fraction of sp³-hybridized carbons (Fsp3) is 0.238. The number of hydrogen-bond acceptors (Lipinski definition) is 7. The normalized spacial score (nSPS) is 18.9. The molecule has 2 aromatic heterocycles. The van der Waals surface area contributed by atoms with Crippen molar-refractivity contribution in [1.29, 1.82) is 0 Å². The molecule has 2 aliphatic rings. The van der Waals surface area contributed by atoms with E-state index in [9.17, 15) is 19.5 Å². The maximum Gasteiger partial charge on any atom is 0.412 e. The minimum Gasteiger partial charge on any atom is -0.535 e. The van der Waals surface area contributed by atoms with Gasteiger partial charge in [-0.1, -0.05) is 19.1 Å². The van der Waals surface area contributed by atoms with Crippen molar-refractivity contribution in [2.45, 2.75) is 32.1 Å². The Balaban J connectivity index is 1.68. The smallest absolute Gasteiger partial charge is 0.412 e. The average molecular weight is 403 g/mol. The Morgan fingerprint density at radius 3 is 2.93 bits per heavy atom. The molecule has 3 aromatic rings. The molecule has 0 bridgehead atoms. The number of rotatable bonds is 4. The van der Waals surface area contributed by atoms with Crippen molar-refractivity contribution >= 4 is 36.3 Å². The van der Waals surface area contributed by atoms with Crippen LogP contribution in [0.3, 0.4) is 0 Å². The standard InChI is InChI=1S/C21H16BN2O6/c1-2-21(28)15-7-17-18-12(8-24(17)19(26)14(15)9-29-20(21)27)5-11-6-13(22-30-10-25)3-4-16(11)23-18/h3-7,10,28H,2,8-9H2,1H3/t21-/m0/s1. The molecule has 4 heterocycles. The molecule has 30 heavy (non-hydrogen) atoms. The number of benzene rings is 1. The molecule has 0 saturated heterocycles. The first-order chi connectivity index (χ1) is 14.5. The van der Waals surface area contributed by atoms with Crippen LogP contribution in [-0.4, -0.2) is 34.6 Å². The maximum atomic E-state index is 13.1. The molecule has 0 spiro atoms. The van der Waals surface area contributed by atoms with Crippen LogP contribution in [0.1, 0.15) is 30.0 Å². The van der Waals surface area contributed by atoms with Crippen LogP contribution in [0.25, 0.3) is 22.3 Å². The van der Waals surface area contributed by atoms with Crippen molar-refractivity contribution in [2.75, 3.05) is 0 Å². The molecule has 0 aliphatic carbocycles. The van der Waals surface area contributed by atoms with Crippen molar-refractivity contribution in [3.05, 3.63) is 57.4 Å². The summed E-state index contributed by atoms with van der Waals surface area (Å²) in [5.74, 6) is -0.743. The second kappa shape index (κ2) is 6.53. The first kappa shape index (κ1) is 18.6. The van der Waals surface area contributed by atoms with Gasteiger partial charge in [-0.15, -0.1) is 0 Å². The Morgan fingerprint density at radius 2 is 2.17 bits per heavy atom. The van der Waals surface area contributed by atoms with E-state index in [1.54, 1.807) is 29.7 Å². The summed E-state index contributed by atoms with van der Waals surface area (Å²) in [6.45, 7) is 2.19.